The molecular weight excluding hydrogens is 524 g/mol. The van der Waals surface area contributed by atoms with E-state index in [1.807, 2.05) is 6.07 Å². The number of halogens is 2. The van der Waals surface area contributed by atoms with Crippen LogP contribution in [0.1, 0.15) is 20.8 Å². The molecule has 0 unspecified atom stereocenters. The van der Waals surface area contributed by atoms with Crippen molar-refractivity contribution in [2.45, 2.75) is 0 Å². The Morgan fingerprint density at radius 2 is 1.82 bits per heavy atom. The summed E-state index contributed by atoms with van der Waals surface area (Å²) in [5.41, 5.74) is 2.94. The number of nitrogens with zero attached hydrogens (tertiary/aromatic N) is 4. The molecule has 4 N–H and O–H groups in total. The van der Waals surface area contributed by atoms with E-state index in [9.17, 15) is 9.59 Å². The summed E-state index contributed by atoms with van der Waals surface area (Å²) >= 11 is 9.21. The minimum atomic E-state index is -0.369. The Morgan fingerprint density at radius 3 is 2.59 bits per heavy atom. The Bertz CT molecular complexity index is 1520. The SMILES string of the molecule is O=C(Nc1cccc2cc(C(=O)Nc3ccc(Br)cc3-c3nnn[nH]3)[nH]c12)c1ccc(Cl)nc1. The first-order valence-corrected chi connectivity index (χ1v) is 11.0. The van der Waals surface area contributed by atoms with Gasteiger partial charge in [0.2, 0.25) is 0 Å². The number of aromatic nitrogens is 6. The lowest BCUT2D eigenvalue weighted by Gasteiger charge is -2.09. The van der Waals surface area contributed by atoms with Crippen molar-refractivity contribution in [3.05, 3.63) is 81.7 Å². The van der Waals surface area contributed by atoms with Crippen molar-refractivity contribution in [2.24, 2.45) is 0 Å². The molecule has 5 aromatic rings. The molecule has 34 heavy (non-hydrogen) atoms. The van der Waals surface area contributed by atoms with Crippen LogP contribution in [0.15, 0.2) is 65.3 Å². The first kappa shape index (κ1) is 21.7. The molecular formula is C22H14BrClN8O2. The summed E-state index contributed by atoms with van der Waals surface area (Å²) in [4.78, 5) is 32.7. The van der Waals surface area contributed by atoms with E-state index in [1.165, 1.54) is 6.20 Å². The molecule has 2 aromatic carbocycles. The maximum Gasteiger partial charge on any atom is 0.272 e. The van der Waals surface area contributed by atoms with Crippen LogP contribution in [0.2, 0.25) is 5.15 Å². The van der Waals surface area contributed by atoms with Gasteiger partial charge in [0.15, 0.2) is 5.82 Å². The number of hydrogen-bond acceptors (Lipinski definition) is 6. The van der Waals surface area contributed by atoms with Crippen LogP contribution < -0.4 is 10.6 Å². The van der Waals surface area contributed by atoms with Gasteiger partial charge >= 0.3 is 0 Å². The zero-order valence-electron chi connectivity index (χ0n) is 17.1. The lowest BCUT2D eigenvalue weighted by Crippen LogP contribution is -2.14. The maximum absolute atomic E-state index is 13.1. The smallest absolute Gasteiger partial charge is 0.272 e. The number of amides is 2. The van der Waals surface area contributed by atoms with Gasteiger partial charge in [0.1, 0.15) is 10.8 Å². The second-order valence-electron chi connectivity index (χ2n) is 7.17. The highest BCUT2D eigenvalue weighted by atomic mass is 79.9. The molecule has 3 aromatic heterocycles. The van der Waals surface area contributed by atoms with Gasteiger partial charge in [-0.3, -0.25) is 9.59 Å². The van der Waals surface area contributed by atoms with Crippen molar-refractivity contribution in [3.8, 4) is 11.4 Å². The predicted molar refractivity (Wildman–Crippen MR) is 131 cm³/mol. The Hall–Kier alpha value is -4.09. The highest BCUT2D eigenvalue weighted by Crippen LogP contribution is 2.29. The van der Waals surface area contributed by atoms with Crippen LogP contribution in [0.3, 0.4) is 0 Å². The quantitative estimate of drug-likeness (QED) is 0.240. The van der Waals surface area contributed by atoms with Crippen LogP contribution in [0.5, 0.6) is 0 Å². The number of aromatic amines is 2. The molecule has 0 spiro atoms. The number of carbonyl (C=O) groups is 2. The molecule has 5 rings (SSSR count). The van der Waals surface area contributed by atoms with Gasteiger partial charge < -0.3 is 15.6 Å². The molecule has 2 amide bonds. The highest BCUT2D eigenvalue weighted by Gasteiger charge is 2.17. The number of hydrogen-bond donors (Lipinski definition) is 4. The average Bonchev–Trinajstić information content (AvgIpc) is 3.51. The zero-order valence-corrected chi connectivity index (χ0v) is 19.5. The van der Waals surface area contributed by atoms with Gasteiger partial charge in [-0.15, -0.1) is 5.10 Å². The van der Waals surface area contributed by atoms with Gasteiger partial charge in [-0.05, 0) is 52.9 Å². The topological polar surface area (TPSA) is 141 Å². The van der Waals surface area contributed by atoms with Gasteiger partial charge in [-0.1, -0.05) is 39.7 Å². The van der Waals surface area contributed by atoms with Crippen molar-refractivity contribution < 1.29 is 9.59 Å². The molecule has 0 aliphatic heterocycles. The Balaban J connectivity index is 1.42. The third-order valence-electron chi connectivity index (χ3n) is 4.97. The molecule has 10 nitrogen and oxygen atoms in total. The Morgan fingerprint density at radius 1 is 0.971 bits per heavy atom. The number of carbonyl (C=O) groups excluding carboxylic acids is 2. The van der Waals surface area contributed by atoms with E-state index < -0.39 is 0 Å². The fourth-order valence-electron chi connectivity index (χ4n) is 3.37. The standard InChI is InChI=1S/C22H14BrClN8O2/c23-13-5-6-15(14(9-13)20-29-31-32-30-20)27-22(34)17-8-11-2-1-3-16(19(11)26-17)28-21(33)12-4-7-18(24)25-10-12/h1-10,26H,(H,27,34)(H,28,33)(H,29,30,31,32). The van der Waals surface area contributed by atoms with Crippen LogP contribution in [0.4, 0.5) is 11.4 Å². The van der Waals surface area contributed by atoms with E-state index in [0.29, 0.717) is 44.7 Å². The van der Waals surface area contributed by atoms with E-state index in [-0.39, 0.29) is 11.8 Å². The summed E-state index contributed by atoms with van der Waals surface area (Å²) < 4.78 is 0.804. The molecule has 0 aliphatic carbocycles. The average molecular weight is 538 g/mol. The monoisotopic (exact) mass is 536 g/mol. The summed E-state index contributed by atoms with van der Waals surface area (Å²) in [7, 11) is 0. The lowest BCUT2D eigenvalue weighted by molar-refractivity contribution is 0.101. The molecule has 3 heterocycles. The van der Waals surface area contributed by atoms with E-state index >= 15 is 0 Å². The van der Waals surface area contributed by atoms with Gasteiger partial charge in [0.25, 0.3) is 11.8 Å². The van der Waals surface area contributed by atoms with Crippen molar-refractivity contribution in [1.29, 1.82) is 0 Å². The fraction of sp³-hybridized carbons (Fsp3) is 0. The van der Waals surface area contributed by atoms with Gasteiger partial charge in [0.05, 0.1) is 22.5 Å². The van der Waals surface area contributed by atoms with Crippen molar-refractivity contribution in [3.63, 3.8) is 0 Å². The van der Waals surface area contributed by atoms with Crippen LogP contribution in [0.25, 0.3) is 22.3 Å². The van der Waals surface area contributed by atoms with Crippen LogP contribution in [-0.2, 0) is 0 Å². The number of anilines is 2. The molecule has 0 saturated carbocycles. The maximum atomic E-state index is 13.1. The Kier molecular flexibility index (Phi) is 5.78. The second kappa shape index (κ2) is 9.04. The number of nitrogens with one attached hydrogen (secondary N) is 4. The van der Waals surface area contributed by atoms with E-state index in [2.05, 4.69) is 57.2 Å². The van der Waals surface area contributed by atoms with Crippen molar-refractivity contribution in [2.75, 3.05) is 10.6 Å². The molecule has 0 aliphatic rings. The minimum Gasteiger partial charge on any atom is -0.349 e. The third-order valence-corrected chi connectivity index (χ3v) is 5.69. The zero-order chi connectivity index (χ0) is 23.7. The number of rotatable bonds is 5. The summed E-state index contributed by atoms with van der Waals surface area (Å²) in [5.74, 6) is -0.307. The first-order valence-electron chi connectivity index (χ1n) is 9.87. The second-order valence-corrected chi connectivity index (χ2v) is 8.47. The summed E-state index contributed by atoms with van der Waals surface area (Å²) in [6.07, 6.45) is 1.39. The molecule has 0 saturated heterocycles. The molecule has 0 fully saturated rings. The minimum absolute atomic E-state index is 0.298. The number of fused-ring (bicyclic) bond motifs is 1. The summed E-state index contributed by atoms with van der Waals surface area (Å²) in [6, 6.07) is 15.5. The molecule has 0 atom stereocenters. The Labute approximate surface area is 205 Å². The fourth-order valence-corrected chi connectivity index (χ4v) is 3.84. The van der Waals surface area contributed by atoms with Gasteiger partial charge in [0, 0.05) is 21.6 Å². The number of benzene rings is 2. The van der Waals surface area contributed by atoms with Crippen LogP contribution in [0, 0.1) is 0 Å². The number of para-hydroxylation sites is 1. The normalized spacial score (nSPS) is 10.9. The molecule has 0 radical (unpaired) electrons. The largest absolute Gasteiger partial charge is 0.349 e. The number of tetrazole rings is 1. The van der Waals surface area contributed by atoms with Gasteiger partial charge in [-0.25, -0.2) is 10.1 Å². The van der Waals surface area contributed by atoms with Crippen LogP contribution >= 0.6 is 27.5 Å². The summed E-state index contributed by atoms with van der Waals surface area (Å²) in [6.45, 7) is 0. The van der Waals surface area contributed by atoms with Gasteiger partial charge in [-0.2, -0.15) is 0 Å². The van der Waals surface area contributed by atoms with Crippen LogP contribution in [-0.4, -0.2) is 42.4 Å². The predicted octanol–water partition coefficient (Wildman–Crippen LogP) is 4.66. The van der Waals surface area contributed by atoms with E-state index in [0.717, 1.165) is 9.86 Å². The molecule has 168 valence electrons. The lowest BCUT2D eigenvalue weighted by atomic mass is 10.1. The van der Waals surface area contributed by atoms with E-state index in [4.69, 9.17) is 11.6 Å². The van der Waals surface area contributed by atoms with Crippen molar-refractivity contribution >= 4 is 61.6 Å². The van der Waals surface area contributed by atoms with Crippen molar-refractivity contribution in [1.82, 2.24) is 30.6 Å². The molecule has 12 heteroatoms. The number of pyridine rings is 1. The third kappa shape index (κ3) is 4.38. The number of H-pyrrole nitrogens is 2. The van der Waals surface area contributed by atoms with E-state index in [1.54, 1.807) is 48.5 Å². The summed E-state index contributed by atoms with van der Waals surface area (Å²) in [5, 5.41) is 20.6. The first-order chi connectivity index (χ1) is 16.5. The highest BCUT2D eigenvalue weighted by molar-refractivity contribution is 9.10. The molecule has 0 bridgehead atoms.